The third kappa shape index (κ3) is 4.12. The Morgan fingerprint density at radius 3 is 2.54 bits per heavy atom. The van der Waals surface area contributed by atoms with Crippen LogP contribution in [0.1, 0.15) is 22.8 Å². The summed E-state index contributed by atoms with van der Waals surface area (Å²) in [7, 11) is 0. The van der Waals surface area contributed by atoms with Gasteiger partial charge in [-0.15, -0.1) is 0 Å². The summed E-state index contributed by atoms with van der Waals surface area (Å²) in [4.78, 5) is 35.4. The Labute approximate surface area is 154 Å². The molecule has 0 spiro atoms. The zero-order chi connectivity index (χ0) is 18.5. The first-order valence-electron chi connectivity index (χ1n) is 7.85. The van der Waals surface area contributed by atoms with Crippen LogP contribution in [0.4, 0.5) is 4.79 Å². The van der Waals surface area contributed by atoms with Gasteiger partial charge in [-0.05, 0) is 54.6 Å². The van der Waals surface area contributed by atoms with Crippen LogP contribution >= 0.6 is 11.8 Å². The van der Waals surface area contributed by atoms with Crippen molar-refractivity contribution in [3.63, 3.8) is 0 Å². The van der Waals surface area contributed by atoms with E-state index in [2.05, 4.69) is 5.32 Å². The number of amides is 2. The number of nitrogens with one attached hydrogen (secondary N) is 1. The summed E-state index contributed by atoms with van der Waals surface area (Å²) in [6, 6.07) is 13.6. The van der Waals surface area contributed by atoms with Gasteiger partial charge in [0, 0.05) is 0 Å². The first-order chi connectivity index (χ1) is 12.6. The molecule has 1 N–H and O–H groups in total. The summed E-state index contributed by atoms with van der Waals surface area (Å²) in [5.74, 6) is -0.269. The fourth-order valence-electron chi connectivity index (χ4n) is 2.27. The minimum Gasteiger partial charge on any atom is -0.490 e. The van der Waals surface area contributed by atoms with Crippen LogP contribution in [0, 0.1) is 0 Å². The number of ether oxygens (including phenoxy) is 2. The lowest BCUT2D eigenvalue weighted by Gasteiger charge is -2.11. The molecule has 0 radical (unpaired) electrons. The first-order valence-corrected chi connectivity index (χ1v) is 8.67. The monoisotopic (exact) mass is 369 g/mol. The third-order valence-corrected chi connectivity index (χ3v) is 4.23. The summed E-state index contributed by atoms with van der Waals surface area (Å²) >= 11 is 0.835. The molecule has 26 heavy (non-hydrogen) atoms. The van der Waals surface area contributed by atoms with Crippen molar-refractivity contribution in [1.82, 2.24) is 5.32 Å². The molecule has 3 rings (SSSR count). The Morgan fingerprint density at radius 1 is 1.12 bits per heavy atom. The number of imide groups is 1. The topological polar surface area (TPSA) is 81.7 Å². The summed E-state index contributed by atoms with van der Waals surface area (Å²) in [5, 5.41) is 1.80. The molecule has 1 saturated heterocycles. The average Bonchev–Trinajstić information content (AvgIpc) is 2.95. The third-order valence-electron chi connectivity index (χ3n) is 3.42. The van der Waals surface area contributed by atoms with Crippen LogP contribution in [0.5, 0.6) is 11.5 Å². The predicted molar refractivity (Wildman–Crippen MR) is 98.1 cm³/mol. The molecule has 132 valence electrons. The highest BCUT2D eigenvalue weighted by molar-refractivity contribution is 8.18. The smallest absolute Gasteiger partial charge is 0.343 e. The Bertz CT molecular complexity index is 892. The Kier molecular flexibility index (Phi) is 5.38. The molecule has 0 aliphatic carbocycles. The quantitative estimate of drug-likeness (QED) is 0.492. The van der Waals surface area contributed by atoms with Crippen LogP contribution in [0.15, 0.2) is 53.4 Å². The van der Waals surface area contributed by atoms with Crippen LogP contribution < -0.4 is 14.8 Å². The fraction of sp³-hybridized carbons (Fsp3) is 0.105. The summed E-state index contributed by atoms with van der Waals surface area (Å²) in [6.07, 6.45) is 1.58. The predicted octanol–water partition coefficient (Wildman–Crippen LogP) is 3.63. The summed E-state index contributed by atoms with van der Waals surface area (Å²) < 4.78 is 11.0. The maximum Gasteiger partial charge on any atom is 0.343 e. The number of rotatable bonds is 5. The first kappa shape index (κ1) is 17.8. The average molecular weight is 369 g/mol. The van der Waals surface area contributed by atoms with E-state index in [0.717, 1.165) is 11.8 Å². The SMILES string of the molecule is CCOc1cc(/C=C2\SC(=O)NC2=O)ccc1OC(=O)c1ccccc1. The Balaban J connectivity index is 1.85. The van der Waals surface area contributed by atoms with Crippen LogP contribution in [-0.4, -0.2) is 23.7 Å². The highest BCUT2D eigenvalue weighted by Gasteiger charge is 2.25. The highest BCUT2D eigenvalue weighted by Crippen LogP contribution is 2.32. The molecule has 6 nitrogen and oxygen atoms in total. The van der Waals surface area contributed by atoms with E-state index in [1.165, 1.54) is 0 Å². The van der Waals surface area contributed by atoms with Crippen molar-refractivity contribution in [2.75, 3.05) is 6.61 Å². The molecule has 0 aromatic heterocycles. The molecular weight excluding hydrogens is 354 g/mol. The van der Waals surface area contributed by atoms with Gasteiger partial charge >= 0.3 is 5.97 Å². The lowest BCUT2D eigenvalue weighted by Crippen LogP contribution is -2.17. The van der Waals surface area contributed by atoms with Gasteiger partial charge in [0.2, 0.25) is 0 Å². The van der Waals surface area contributed by atoms with Gasteiger partial charge in [-0.3, -0.25) is 14.9 Å². The highest BCUT2D eigenvalue weighted by atomic mass is 32.2. The standard InChI is InChI=1S/C19H15NO5S/c1-2-24-15-10-12(11-16-17(21)20-19(23)26-16)8-9-14(15)25-18(22)13-6-4-3-5-7-13/h3-11H,2H2,1H3,(H,20,21,23)/b16-11-. The zero-order valence-electron chi connectivity index (χ0n) is 13.9. The van der Waals surface area contributed by atoms with Crippen LogP contribution in [0.25, 0.3) is 6.08 Å². The lowest BCUT2D eigenvalue weighted by molar-refractivity contribution is -0.115. The molecule has 2 aromatic carbocycles. The molecule has 1 fully saturated rings. The Morgan fingerprint density at radius 2 is 1.88 bits per heavy atom. The van der Waals surface area contributed by atoms with E-state index in [-0.39, 0.29) is 5.75 Å². The van der Waals surface area contributed by atoms with Gasteiger partial charge in [0.05, 0.1) is 17.1 Å². The molecular formula is C19H15NO5S. The second-order valence-electron chi connectivity index (χ2n) is 5.25. The van der Waals surface area contributed by atoms with E-state index in [1.807, 2.05) is 13.0 Å². The van der Waals surface area contributed by atoms with Crippen LogP contribution in [0.2, 0.25) is 0 Å². The molecule has 1 heterocycles. The van der Waals surface area contributed by atoms with Gasteiger partial charge in [0.25, 0.3) is 11.1 Å². The molecule has 1 aliphatic heterocycles. The van der Waals surface area contributed by atoms with Crippen LogP contribution in [-0.2, 0) is 4.79 Å². The fourth-order valence-corrected chi connectivity index (χ4v) is 2.95. The van der Waals surface area contributed by atoms with E-state index in [4.69, 9.17) is 9.47 Å². The van der Waals surface area contributed by atoms with E-state index >= 15 is 0 Å². The van der Waals surface area contributed by atoms with Gasteiger partial charge in [0.1, 0.15) is 0 Å². The number of benzene rings is 2. The number of carbonyl (C=O) groups excluding carboxylic acids is 3. The van der Waals surface area contributed by atoms with E-state index in [9.17, 15) is 14.4 Å². The molecule has 0 saturated carbocycles. The molecule has 2 aromatic rings. The second-order valence-corrected chi connectivity index (χ2v) is 6.26. The van der Waals surface area contributed by atoms with Crippen molar-refractivity contribution in [1.29, 1.82) is 0 Å². The molecule has 0 unspecified atom stereocenters. The van der Waals surface area contributed by atoms with Crippen molar-refractivity contribution >= 4 is 35.0 Å². The molecule has 7 heteroatoms. The normalized spacial score (nSPS) is 15.0. The second kappa shape index (κ2) is 7.88. The van der Waals surface area contributed by atoms with Crippen molar-refractivity contribution in [3.8, 4) is 11.5 Å². The zero-order valence-corrected chi connectivity index (χ0v) is 14.7. The number of thioether (sulfide) groups is 1. The largest absolute Gasteiger partial charge is 0.490 e. The summed E-state index contributed by atoms with van der Waals surface area (Å²) in [5.41, 5.74) is 1.08. The van der Waals surface area contributed by atoms with Gasteiger partial charge < -0.3 is 9.47 Å². The minimum absolute atomic E-state index is 0.280. The van der Waals surface area contributed by atoms with E-state index in [1.54, 1.807) is 48.5 Å². The maximum atomic E-state index is 12.2. The van der Waals surface area contributed by atoms with E-state index < -0.39 is 17.1 Å². The van der Waals surface area contributed by atoms with Crippen molar-refractivity contribution in [2.45, 2.75) is 6.92 Å². The number of carbonyl (C=O) groups is 3. The molecule has 0 bridgehead atoms. The Hall–Kier alpha value is -3.06. The number of esters is 1. The van der Waals surface area contributed by atoms with Gasteiger partial charge in [0.15, 0.2) is 11.5 Å². The van der Waals surface area contributed by atoms with Crippen molar-refractivity contribution in [3.05, 3.63) is 64.6 Å². The van der Waals surface area contributed by atoms with Gasteiger partial charge in [-0.25, -0.2) is 4.79 Å². The maximum absolute atomic E-state index is 12.2. The minimum atomic E-state index is -0.492. The molecule has 0 atom stereocenters. The number of hydrogen-bond acceptors (Lipinski definition) is 6. The van der Waals surface area contributed by atoms with E-state index in [0.29, 0.717) is 28.4 Å². The molecule has 2 amide bonds. The molecule has 1 aliphatic rings. The van der Waals surface area contributed by atoms with Crippen molar-refractivity contribution in [2.24, 2.45) is 0 Å². The number of hydrogen-bond donors (Lipinski definition) is 1. The van der Waals surface area contributed by atoms with Crippen LogP contribution in [0.3, 0.4) is 0 Å². The lowest BCUT2D eigenvalue weighted by atomic mass is 10.1. The van der Waals surface area contributed by atoms with Crippen molar-refractivity contribution < 1.29 is 23.9 Å². The van der Waals surface area contributed by atoms with Gasteiger partial charge in [-0.1, -0.05) is 24.3 Å². The van der Waals surface area contributed by atoms with Gasteiger partial charge in [-0.2, -0.15) is 0 Å². The summed E-state index contributed by atoms with van der Waals surface area (Å²) in [6.45, 7) is 2.19.